The van der Waals surface area contributed by atoms with Crippen LogP contribution in [-0.4, -0.2) is 81.2 Å². The van der Waals surface area contributed by atoms with Crippen molar-refractivity contribution in [2.24, 2.45) is 0 Å². The molecule has 0 unspecified atom stereocenters. The molecule has 7 N–H and O–H groups in total. The molecule has 2 aromatic carbocycles. The third kappa shape index (κ3) is 4.90. The number of rotatable bonds is 7. The molecule has 33 heavy (non-hydrogen) atoms. The molecule has 1 fully saturated rings. The largest absolute Gasteiger partial charge is 0.507 e. The number of aliphatic hydroxyl groups excluding tert-OH is 4. The fraction of sp³-hybridized carbons (Fsp3) is 0.435. The van der Waals surface area contributed by atoms with Crippen molar-refractivity contribution in [2.45, 2.75) is 43.9 Å². The lowest BCUT2D eigenvalue weighted by Crippen LogP contribution is -2.55. The lowest BCUT2D eigenvalue weighted by Gasteiger charge is -2.40. The van der Waals surface area contributed by atoms with Gasteiger partial charge in [0.05, 0.1) is 13.7 Å². The Labute approximate surface area is 190 Å². The summed E-state index contributed by atoms with van der Waals surface area (Å²) < 4.78 is 10.7. The molecule has 0 bridgehead atoms. The molecule has 1 amide bonds. The maximum Gasteiger partial charge on any atom is 0.258 e. The highest BCUT2D eigenvalue weighted by molar-refractivity contribution is 6.00. The summed E-state index contributed by atoms with van der Waals surface area (Å²) in [5, 5.41) is 64.5. The number of carbonyl (C=O) groups is 1. The van der Waals surface area contributed by atoms with Crippen molar-refractivity contribution < 1.29 is 44.9 Å². The Hall–Kier alpha value is -2.89. The van der Waals surface area contributed by atoms with Crippen LogP contribution in [-0.2, 0) is 11.2 Å². The summed E-state index contributed by atoms with van der Waals surface area (Å²) in [7, 11) is 1.53. The normalized spacial score (nSPS) is 25.0. The van der Waals surface area contributed by atoms with Crippen molar-refractivity contribution in [2.75, 3.05) is 20.3 Å². The van der Waals surface area contributed by atoms with E-state index < -0.39 is 60.1 Å². The molecule has 1 aliphatic heterocycles. The van der Waals surface area contributed by atoms with Crippen LogP contribution in [0.15, 0.2) is 30.3 Å². The molecular weight excluding hydrogens is 434 g/mol. The molecule has 0 radical (unpaired) electrons. The number of aliphatic hydroxyl groups is 4. The summed E-state index contributed by atoms with van der Waals surface area (Å²) in [6.07, 6.45) is -7.36. The van der Waals surface area contributed by atoms with E-state index in [1.165, 1.54) is 13.2 Å². The van der Waals surface area contributed by atoms with Crippen LogP contribution in [0, 0.1) is 0 Å². The van der Waals surface area contributed by atoms with Crippen LogP contribution >= 0.6 is 0 Å². The average molecular weight is 463 g/mol. The molecule has 0 aromatic heterocycles. The summed E-state index contributed by atoms with van der Waals surface area (Å²) in [6, 6.07) is 8.37. The summed E-state index contributed by atoms with van der Waals surface area (Å²) in [6.45, 7) is 1.25. The lowest BCUT2D eigenvalue weighted by atomic mass is 9.87. The van der Waals surface area contributed by atoms with Crippen molar-refractivity contribution in [3.63, 3.8) is 0 Å². The number of aromatic hydroxyl groups is 2. The van der Waals surface area contributed by atoms with Gasteiger partial charge in [-0.3, -0.25) is 4.79 Å². The van der Waals surface area contributed by atoms with Gasteiger partial charge in [-0.05, 0) is 36.2 Å². The maximum atomic E-state index is 12.6. The molecule has 180 valence electrons. The Morgan fingerprint density at radius 1 is 1.06 bits per heavy atom. The van der Waals surface area contributed by atoms with Crippen molar-refractivity contribution >= 4 is 5.91 Å². The standard InChI is InChI=1S/C23H29NO9/c1-3-24-23(31)16-17(26)12(8-11-4-6-13(32-2)7-5-11)9-14(18(16)27)22-21(30)20(29)19(28)15(10-25)33-22/h4-7,9,15,19-22,25-30H,3,8,10H2,1-2H3,(H,24,31)/t15-,19-,20+,21-,22+/m1/s1. The Morgan fingerprint density at radius 2 is 1.73 bits per heavy atom. The van der Waals surface area contributed by atoms with Crippen LogP contribution < -0.4 is 10.1 Å². The van der Waals surface area contributed by atoms with Crippen LogP contribution in [0.3, 0.4) is 0 Å². The number of phenolic OH excluding ortho intramolecular Hbond substituents is 2. The predicted octanol–water partition coefficient (Wildman–Crippen LogP) is -0.0382. The predicted molar refractivity (Wildman–Crippen MR) is 116 cm³/mol. The molecule has 2 aromatic rings. The Morgan fingerprint density at radius 3 is 2.30 bits per heavy atom. The molecule has 3 rings (SSSR count). The zero-order valence-electron chi connectivity index (χ0n) is 18.3. The second kappa shape index (κ2) is 10.4. The van der Waals surface area contributed by atoms with E-state index in [-0.39, 0.29) is 24.1 Å². The lowest BCUT2D eigenvalue weighted by molar-refractivity contribution is -0.232. The number of amides is 1. The molecule has 10 heteroatoms. The molecule has 0 spiro atoms. The van der Waals surface area contributed by atoms with Gasteiger partial charge in [0, 0.05) is 18.5 Å². The first-order chi connectivity index (χ1) is 15.7. The number of hydrogen-bond acceptors (Lipinski definition) is 9. The molecule has 1 saturated heterocycles. The second-order valence-electron chi connectivity index (χ2n) is 7.83. The Bertz CT molecular complexity index is 977. The van der Waals surface area contributed by atoms with Crippen molar-refractivity contribution in [3.05, 3.63) is 52.6 Å². The molecule has 0 saturated carbocycles. The molecule has 1 aliphatic rings. The third-order valence-electron chi connectivity index (χ3n) is 5.70. The zero-order valence-corrected chi connectivity index (χ0v) is 18.3. The van der Waals surface area contributed by atoms with Crippen LogP contribution in [0.1, 0.15) is 40.1 Å². The van der Waals surface area contributed by atoms with Crippen molar-refractivity contribution in [1.29, 1.82) is 0 Å². The molecule has 0 aliphatic carbocycles. The van der Waals surface area contributed by atoms with Crippen LogP contribution in [0.5, 0.6) is 17.2 Å². The van der Waals surface area contributed by atoms with E-state index in [0.29, 0.717) is 5.75 Å². The van der Waals surface area contributed by atoms with Crippen LogP contribution in [0.2, 0.25) is 0 Å². The quantitative estimate of drug-likeness (QED) is 0.298. The summed E-state index contributed by atoms with van der Waals surface area (Å²) >= 11 is 0. The number of benzene rings is 2. The topological polar surface area (TPSA) is 169 Å². The number of ether oxygens (including phenoxy) is 2. The second-order valence-corrected chi connectivity index (χ2v) is 7.83. The maximum absolute atomic E-state index is 12.6. The smallest absolute Gasteiger partial charge is 0.258 e. The van der Waals surface area contributed by atoms with Crippen LogP contribution in [0.4, 0.5) is 0 Å². The van der Waals surface area contributed by atoms with Gasteiger partial charge in [-0.2, -0.15) is 0 Å². The third-order valence-corrected chi connectivity index (χ3v) is 5.70. The molecular formula is C23H29NO9. The summed E-state index contributed by atoms with van der Waals surface area (Å²) in [5.74, 6) is -1.18. The van der Waals surface area contributed by atoms with E-state index in [4.69, 9.17) is 9.47 Å². The number of phenols is 2. The van der Waals surface area contributed by atoms with Crippen molar-refractivity contribution in [3.8, 4) is 17.2 Å². The minimum absolute atomic E-state index is 0.0746. The number of carbonyl (C=O) groups excluding carboxylic acids is 1. The van der Waals surface area contributed by atoms with Gasteiger partial charge in [0.2, 0.25) is 0 Å². The zero-order chi connectivity index (χ0) is 24.3. The van der Waals surface area contributed by atoms with Gasteiger partial charge < -0.3 is 45.4 Å². The minimum atomic E-state index is -1.67. The van der Waals surface area contributed by atoms with Gasteiger partial charge >= 0.3 is 0 Å². The first-order valence-electron chi connectivity index (χ1n) is 10.5. The van der Waals surface area contributed by atoms with E-state index in [1.54, 1.807) is 31.2 Å². The summed E-state index contributed by atoms with van der Waals surface area (Å²) in [4.78, 5) is 12.6. The number of methoxy groups -OCH3 is 1. The number of nitrogens with one attached hydrogen (secondary N) is 1. The van der Waals surface area contributed by atoms with E-state index in [1.807, 2.05) is 0 Å². The van der Waals surface area contributed by atoms with Gasteiger partial charge in [0.25, 0.3) is 5.91 Å². The van der Waals surface area contributed by atoms with Gasteiger partial charge in [0.1, 0.15) is 53.3 Å². The Balaban J connectivity index is 2.11. The molecule has 5 atom stereocenters. The monoisotopic (exact) mass is 463 g/mol. The van der Waals surface area contributed by atoms with Gasteiger partial charge in [-0.1, -0.05) is 12.1 Å². The average Bonchev–Trinajstić information content (AvgIpc) is 2.80. The minimum Gasteiger partial charge on any atom is -0.507 e. The fourth-order valence-corrected chi connectivity index (χ4v) is 3.88. The van der Waals surface area contributed by atoms with E-state index in [2.05, 4.69) is 5.32 Å². The van der Waals surface area contributed by atoms with Gasteiger partial charge in [-0.25, -0.2) is 0 Å². The van der Waals surface area contributed by atoms with Crippen molar-refractivity contribution in [1.82, 2.24) is 5.32 Å². The first-order valence-corrected chi connectivity index (χ1v) is 10.5. The molecule has 10 nitrogen and oxygen atoms in total. The SMILES string of the molecule is CCNC(=O)c1c(O)c(Cc2ccc(OC)cc2)cc([C@@H]2O[C@H](CO)[C@@H](O)[C@H](O)[C@H]2O)c1O. The highest BCUT2D eigenvalue weighted by Crippen LogP contribution is 2.43. The van der Waals surface area contributed by atoms with E-state index >= 15 is 0 Å². The number of hydrogen-bond donors (Lipinski definition) is 7. The van der Waals surface area contributed by atoms with Gasteiger partial charge in [0.15, 0.2) is 0 Å². The van der Waals surface area contributed by atoms with E-state index in [0.717, 1.165) is 5.56 Å². The fourth-order valence-electron chi connectivity index (χ4n) is 3.88. The first kappa shape index (κ1) is 24.7. The Kier molecular flexibility index (Phi) is 7.77. The van der Waals surface area contributed by atoms with Crippen LogP contribution in [0.25, 0.3) is 0 Å². The highest BCUT2D eigenvalue weighted by atomic mass is 16.5. The molecule has 1 heterocycles. The highest BCUT2D eigenvalue weighted by Gasteiger charge is 2.45. The summed E-state index contributed by atoms with van der Waals surface area (Å²) in [5.41, 5.74) is 0.536. The van der Waals surface area contributed by atoms with E-state index in [9.17, 15) is 35.4 Å². The van der Waals surface area contributed by atoms with Gasteiger partial charge in [-0.15, -0.1) is 0 Å².